The number of nitro benzene ring substituents is 1. The van der Waals surface area contributed by atoms with Gasteiger partial charge in [-0.3, -0.25) is 19.7 Å². The molecule has 0 saturated carbocycles. The summed E-state index contributed by atoms with van der Waals surface area (Å²) in [6, 6.07) is 1.24. The number of rotatable bonds is 5. The highest BCUT2D eigenvalue weighted by Gasteiger charge is 2.29. The first-order valence-corrected chi connectivity index (χ1v) is 5.78. The Balaban J connectivity index is 3.06. The molecule has 0 aliphatic heterocycles. The van der Waals surface area contributed by atoms with Gasteiger partial charge in [0.2, 0.25) is 11.7 Å². The van der Waals surface area contributed by atoms with Gasteiger partial charge in [-0.2, -0.15) is 4.39 Å². The molecule has 0 aromatic heterocycles. The molecule has 0 unspecified atom stereocenters. The van der Waals surface area contributed by atoms with Gasteiger partial charge in [0.15, 0.2) is 0 Å². The lowest BCUT2D eigenvalue weighted by molar-refractivity contribution is -0.387. The van der Waals surface area contributed by atoms with Crippen molar-refractivity contribution in [3.8, 4) is 0 Å². The first-order valence-electron chi connectivity index (χ1n) is 5.78. The largest absolute Gasteiger partial charge is 0.369 e. The normalized spacial score (nSPS) is 11.0. The van der Waals surface area contributed by atoms with Gasteiger partial charge < -0.3 is 11.1 Å². The standard InChI is InChI=1S/C12H13F2N3O4/c1-12(2,11(15)19)5-16-10(18)8-6(13)3-4-7(9(8)14)17(20)21/h3-4H,5H2,1-2H3,(H2,15,19)(H,16,18). The minimum absolute atomic E-state index is 0.275. The number of primary amides is 1. The summed E-state index contributed by atoms with van der Waals surface area (Å²) in [5, 5.41) is 12.7. The maximum Gasteiger partial charge on any atom is 0.305 e. The molecule has 0 spiro atoms. The van der Waals surface area contributed by atoms with Crippen molar-refractivity contribution in [2.75, 3.05) is 6.54 Å². The number of nitro groups is 1. The molecule has 0 saturated heterocycles. The first-order chi connectivity index (χ1) is 9.58. The van der Waals surface area contributed by atoms with Crippen molar-refractivity contribution in [1.29, 1.82) is 0 Å². The van der Waals surface area contributed by atoms with Crippen molar-refractivity contribution < 1.29 is 23.3 Å². The molecule has 9 heteroatoms. The van der Waals surface area contributed by atoms with Crippen LogP contribution in [-0.4, -0.2) is 23.3 Å². The third-order valence-corrected chi connectivity index (χ3v) is 2.85. The second-order valence-corrected chi connectivity index (χ2v) is 4.94. The highest BCUT2D eigenvalue weighted by Crippen LogP contribution is 2.23. The lowest BCUT2D eigenvalue weighted by atomic mass is 9.92. The van der Waals surface area contributed by atoms with Gasteiger partial charge in [-0.15, -0.1) is 0 Å². The van der Waals surface area contributed by atoms with E-state index in [1.54, 1.807) is 0 Å². The summed E-state index contributed by atoms with van der Waals surface area (Å²) in [4.78, 5) is 32.3. The highest BCUT2D eigenvalue weighted by atomic mass is 19.1. The maximum absolute atomic E-state index is 13.8. The number of benzene rings is 1. The van der Waals surface area contributed by atoms with Gasteiger partial charge in [0.25, 0.3) is 5.91 Å². The van der Waals surface area contributed by atoms with E-state index in [0.29, 0.717) is 12.1 Å². The number of amides is 2. The summed E-state index contributed by atoms with van der Waals surface area (Å²) < 4.78 is 27.3. The molecule has 2 amide bonds. The van der Waals surface area contributed by atoms with E-state index in [1.807, 2.05) is 0 Å². The Hall–Kier alpha value is -2.58. The van der Waals surface area contributed by atoms with Crippen LogP contribution in [0.25, 0.3) is 0 Å². The topological polar surface area (TPSA) is 115 Å². The van der Waals surface area contributed by atoms with Crippen LogP contribution < -0.4 is 11.1 Å². The van der Waals surface area contributed by atoms with E-state index in [4.69, 9.17) is 5.73 Å². The Morgan fingerprint density at radius 1 is 1.38 bits per heavy atom. The fraction of sp³-hybridized carbons (Fsp3) is 0.333. The van der Waals surface area contributed by atoms with Crippen LogP contribution in [0.4, 0.5) is 14.5 Å². The molecule has 0 aliphatic rings. The quantitative estimate of drug-likeness (QED) is 0.626. The SMILES string of the molecule is CC(C)(CNC(=O)c1c(F)ccc([N+](=O)[O-])c1F)C(N)=O. The second-order valence-electron chi connectivity index (χ2n) is 4.94. The number of carbonyl (C=O) groups is 2. The Morgan fingerprint density at radius 3 is 2.43 bits per heavy atom. The summed E-state index contributed by atoms with van der Waals surface area (Å²) in [6.45, 7) is 2.58. The van der Waals surface area contributed by atoms with E-state index >= 15 is 0 Å². The zero-order chi connectivity index (χ0) is 16.4. The minimum Gasteiger partial charge on any atom is -0.369 e. The van der Waals surface area contributed by atoms with E-state index in [9.17, 15) is 28.5 Å². The molecule has 0 aliphatic carbocycles. The zero-order valence-corrected chi connectivity index (χ0v) is 11.3. The summed E-state index contributed by atoms with van der Waals surface area (Å²) in [5.41, 5.74) is 1.86. The molecular weight excluding hydrogens is 288 g/mol. The Kier molecular flexibility index (Phi) is 4.56. The number of halogens is 2. The van der Waals surface area contributed by atoms with E-state index in [1.165, 1.54) is 13.8 Å². The fourth-order valence-corrected chi connectivity index (χ4v) is 1.37. The molecule has 1 aromatic rings. The lowest BCUT2D eigenvalue weighted by Crippen LogP contribution is -2.42. The second kappa shape index (κ2) is 5.81. The van der Waals surface area contributed by atoms with Crippen molar-refractivity contribution in [2.45, 2.75) is 13.8 Å². The molecule has 7 nitrogen and oxygen atoms in total. The maximum atomic E-state index is 13.8. The van der Waals surface area contributed by atoms with Crippen LogP contribution in [0.2, 0.25) is 0 Å². The number of hydrogen-bond acceptors (Lipinski definition) is 4. The van der Waals surface area contributed by atoms with Gasteiger partial charge in [0.05, 0.1) is 10.3 Å². The van der Waals surface area contributed by atoms with Crippen LogP contribution in [0.15, 0.2) is 12.1 Å². The van der Waals surface area contributed by atoms with Crippen LogP contribution in [0.3, 0.4) is 0 Å². The molecule has 1 rings (SSSR count). The average molecular weight is 301 g/mol. The molecule has 114 valence electrons. The van der Waals surface area contributed by atoms with E-state index < -0.39 is 45.0 Å². The monoisotopic (exact) mass is 301 g/mol. The number of nitrogens with one attached hydrogen (secondary N) is 1. The number of hydrogen-bond donors (Lipinski definition) is 2. The van der Waals surface area contributed by atoms with Crippen LogP contribution in [0, 0.1) is 27.2 Å². The number of nitrogens with zero attached hydrogens (tertiary/aromatic N) is 1. The van der Waals surface area contributed by atoms with Crippen molar-refractivity contribution in [3.63, 3.8) is 0 Å². The molecule has 0 heterocycles. The van der Waals surface area contributed by atoms with Crippen molar-refractivity contribution in [2.24, 2.45) is 11.1 Å². The van der Waals surface area contributed by atoms with E-state index in [0.717, 1.165) is 0 Å². The first kappa shape index (κ1) is 16.5. The van der Waals surface area contributed by atoms with Crippen LogP contribution in [-0.2, 0) is 4.79 Å². The average Bonchev–Trinajstić information content (AvgIpc) is 2.35. The fourth-order valence-electron chi connectivity index (χ4n) is 1.37. The van der Waals surface area contributed by atoms with Gasteiger partial charge in [-0.1, -0.05) is 0 Å². The highest BCUT2D eigenvalue weighted by molar-refractivity contribution is 5.96. The molecule has 0 fully saturated rings. The van der Waals surface area contributed by atoms with Gasteiger partial charge in [-0.05, 0) is 19.9 Å². The van der Waals surface area contributed by atoms with Crippen molar-refractivity contribution in [1.82, 2.24) is 5.32 Å². The van der Waals surface area contributed by atoms with Crippen LogP contribution in [0.5, 0.6) is 0 Å². The smallest absolute Gasteiger partial charge is 0.305 e. The van der Waals surface area contributed by atoms with E-state index in [2.05, 4.69) is 5.32 Å². The summed E-state index contributed by atoms with van der Waals surface area (Å²) in [6.07, 6.45) is 0. The molecule has 0 bridgehead atoms. The Labute approximate surface area is 118 Å². The lowest BCUT2D eigenvalue weighted by Gasteiger charge is -2.20. The molecule has 1 aromatic carbocycles. The summed E-state index contributed by atoms with van der Waals surface area (Å²) >= 11 is 0. The Bertz CT molecular complexity index is 617. The van der Waals surface area contributed by atoms with Gasteiger partial charge in [0, 0.05) is 12.6 Å². The number of nitrogens with two attached hydrogens (primary N) is 1. The molecule has 0 radical (unpaired) electrons. The van der Waals surface area contributed by atoms with Gasteiger partial charge in [0.1, 0.15) is 11.4 Å². The predicted octanol–water partition coefficient (Wildman–Crippen LogP) is 1.11. The summed E-state index contributed by atoms with van der Waals surface area (Å²) in [5.74, 6) is -4.74. The molecule has 0 atom stereocenters. The third kappa shape index (κ3) is 3.50. The molecule has 3 N–H and O–H groups in total. The van der Waals surface area contributed by atoms with Crippen LogP contribution in [0.1, 0.15) is 24.2 Å². The zero-order valence-electron chi connectivity index (χ0n) is 11.3. The Morgan fingerprint density at radius 2 is 1.95 bits per heavy atom. The van der Waals surface area contributed by atoms with Crippen molar-refractivity contribution >= 4 is 17.5 Å². The third-order valence-electron chi connectivity index (χ3n) is 2.85. The number of carbonyl (C=O) groups excluding carboxylic acids is 2. The summed E-state index contributed by atoms with van der Waals surface area (Å²) in [7, 11) is 0. The van der Waals surface area contributed by atoms with Crippen LogP contribution >= 0.6 is 0 Å². The van der Waals surface area contributed by atoms with Gasteiger partial charge in [-0.25, -0.2) is 4.39 Å². The minimum atomic E-state index is -1.57. The van der Waals surface area contributed by atoms with Gasteiger partial charge >= 0.3 is 5.69 Å². The molecular formula is C12H13F2N3O4. The molecule has 21 heavy (non-hydrogen) atoms. The van der Waals surface area contributed by atoms with E-state index in [-0.39, 0.29) is 6.54 Å². The predicted molar refractivity (Wildman–Crippen MR) is 68.3 cm³/mol. The van der Waals surface area contributed by atoms with Crippen molar-refractivity contribution in [3.05, 3.63) is 39.4 Å².